The molecule has 0 saturated carbocycles. The minimum atomic E-state index is -3.62. The first-order valence-electron chi connectivity index (χ1n) is 8.38. The van der Waals surface area contributed by atoms with Gasteiger partial charge >= 0.3 is 0 Å². The van der Waals surface area contributed by atoms with Gasteiger partial charge in [-0.2, -0.15) is 0 Å². The zero-order valence-electron chi connectivity index (χ0n) is 14.5. The standard InChI is InChI=1S/C17H26N2O3S2/c1-4-7-13(2)18-24(21,22)14-8-9-16(23-3)15(12-14)17(20)19-10-5-6-11-19/h8-9,12-13,18H,4-7,10-11H2,1-3H3. The lowest BCUT2D eigenvalue weighted by molar-refractivity contribution is 0.0789. The van der Waals surface area contributed by atoms with Crippen LogP contribution in [0.4, 0.5) is 0 Å². The molecule has 1 aliphatic rings. The molecular weight excluding hydrogens is 344 g/mol. The third kappa shape index (κ3) is 4.52. The van der Waals surface area contributed by atoms with Crippen LogP contribution in [-0.2, 0) is 10.0 Å². The van der Waals surface area contributed by atoms with Crippen molar-refractivity contribution in [3.05, 3.63) is 23.8 Å². The molecule has 1 atom stereocenters. The summed E-state index contributed by atoms with van der Waals surface area (Å²) in [6, 6.07) is 4.70. The van der Waals surface area contributed by atoms with Gasteiger partial charge in [-0.15, -0.1) is 11.8 Å². The second-order valence-corrected chi connectivity index (χ2v) is 8.73. The number of sulfonamides is 1. The Kier molecular flexibility index (Phi) is 6.71. The molecule has 1 aromatic carbocycles. The van der Waals surface area contributed by atoms with Gasteiger partial charge in [0, 0.05) is 24.0 Å². The molecule has 24 heavy (non-hydrogen) atoms. The first-order valence-corrected chi connectivity index (χ1v) is 11.1. The van der Waals surface area contributed by atoms with Crippen LogP contribution in [0.5, 0.6) is 0 Å². The van der Waals surface area contributed by atoms with Gasteiger partial charge in [0.05, 0.1) is 10.5 Å². The predicted molar refractivity (Wildman–Crippen MR) is 98.1 cm³/mol. The lowest BCUT2D eigenvalue weighted by Gasteiger charge is -2.18. The van der Waals surface area contributed by atoms with Crippen molar-refractivity contribution in [1.29, 1.82) is 0 Å². The van der Waals surface area contributed by atoms with E-state index in [2.05, 4.69) is 4.72 Å². The average molecular weight is 371 g/mol. The number of amides is 1. The molecule has 1 fully saturated rings. The Bertz CT molecular complexity index is 683. The van der Waals surface area contributed by atoms with Gasteiger partial charge in [0.15, 0.2) is 0 Å². The molecule has 1 amide bonds. The van der Waals surface area contributed by atoms with E-state index in [1.54, 1.807) is 17.0 Å². The maximum absolute atomic E-state index is 12.7. The molecule has 2 rings (SSSR count). The van der Waals surface area contributed by atoms with E-state index in [1.807, 2.05) is 20.1 Å². The normalized spacial score (nSPS) is 16.4. The van der Waals surface area contributed by atoms with Gasteiger partial charge in [-0.25, -0.2) is 13.1 Å². The molecule has 0 aliphatic carbocycles. The highest BCUT2D eigenvalue weighted by Crippen LogP contribution is 2.26. The summed E-state index contributed by atoms with van der Waals surface area (Å²) in [5.74, 6) is -0.0736. The molecule has 1 N–H and O–H groups in total. The molecule has 0 radical (unpaired) electrons. The van der Waals surface area contributed by atoms with Crippen LogP contribution < -0.4 is 4.72 Å². The van der Waals surface area contributed by atoms with Gasteiger partial charge in [-0.3, -0.25) is 4.79 Å². The van der Waals surface area contributed by atoms with Crippen LogP contribution >= 0.6 is 11.8 Å². The first-order chi connectivity index (χ1) is 11.4. The monoisotopic (exact) mass is 370 g/mol. The third-order valence-corrected chi connectivity index (χ3v) is 6.57. The van der Waals surface area contributed by atoms with Crippen molar-refractivity contribution >= 4 is 27.7 Å². The molecule has 1 heterocycles. The van der Waals surface area contributed by atoms with Crippen LogP contribution in [0.25, 0.3) is 0 Å². The number of nitrogens with zero attached hydrogens (tertiary/aromatic N) is 1. The molecule has 1 aromatic rings. The van der Waals surface area contributed by atoms with E-state index in [1.165, 1.54) is 17.8 Å². The second kappa shape index (κ2) is 8.36. The largest absolute Gasteiger partial charge is 0.339 e. The maximum atomic E-state index is 12.7. The third-order valence-electron chi connectivity index (χ3n) is 4.18. The summed E-state index contributed by atoms with van der Waals surface area (Å²) in [5.41, 5.74) is 0.482. The molecule has 0 bridgehead atoms. The van der Waals surface area contributed by atoms with Crippen molar-refractivity contribution in [2.24, 2.45) is 0 Å². The lowest BCUT2D eigenvalue weighted by atomic mass is 10.2. The molecule has 1 saturated heterocycles. The average Bonchev–Trinajstić information content (AvgIpc) is 3.07. The van der Waals surface area contributed by atoms with Gasteiger partial charge in [0.2, 0.25) is 10.0 Å². The van der Waals surface area contributed by atoms with Crippen molar-refractivity contribution in [2.75, 3.05) is 19.3 Å². The first kappa shape index (κ1) is 19.3. The molecule has 0 spiro atoms. The molecule has 5 nitrogen and oxygen atoms in total. The highest BCUT2D eigenvalue weighted by atomic mass is 32.2. The Morgan fingerprint density at radius 1 is 1.33 bits per heavy atom. The van der Waals surface area contributed by atoms with E-state index >= 15 is 0 Å². The van der Waals surface area contributed by atoms with Crippen molar-refractivity contribution in [1.82, 2.24) is 9.62 Å². The van der Waals surface area contributed by atoms with Crippen molar-refractivity contribution in [3.8, 4) is 0 Å². The van der Waals surface area contributed by atoms with E-state index in [4.69, 9.17) is 0 Å². The quantitative estimate of drug-likeness (QED) is 0.749. The number of benzene rings is 1. The summed E-state index contributed by atoms with van der Waals surface area (Å²) in [5, 5.41) is 0. The Hall–Kier alpha value is -1.05. The van der Waals surface area contributed by atoms with Gasteiger partial charge in [-0.1, -0.05) is 13.3 Å². The molecule has 134 valence electrons. The summed E-state index contributed by atoms with van der Waals surface area (Å²) in [6.07, 6.45) is 5.60. The van der Waals surface area contributed by atoms with Gasteiger partial charge in [0.25, 0.3) is 5.91 Å². The summed E-state index contributed by atoms with van der Waals surface area (Å²) < 4.78 is 27.8. The fourth-order valence-electron chi connectivity index (χ4n) is 2.94. The number of carbonyl (C=O) groups is 1. The van der Waals surface area contributed by atoms with Gasteiger partial charge in [-0.05, 0) is 50.6 Å². The summed E-state index contributed by atoms with van der Waals surface area (Å²) in [4.78, 5) is 15.5. The fraction of sp³-hybridized carbons (Fsp3) is 0.588. The van der Waals surface area contributed by atoms with E-state index in [9.17, 15) is 13.2 Å². The van der Waals surface area contributed by atoms with Crippen LogP contribution in [0.2, 0.25) is 0 Å². The zero-order valence-corrected chi connectivity index (χ0v) is 16.2. The predicted octanol–water partition coefficient (Wildman–Crippen LogP) is 3.11. The summed E-state index contributed by atoms with van der Waals surface area (Å²) in [6.45, 7) is 5.36. The van der Waals surface area contributed by atoms with Crippen molar-refractivity contribution < 1.29 is 13.2 Å². The van der Waals surface area contributed by atoms with Crippen LogP contribution in [0.3, 0.4) is 0 Å². The highest BCUT2D eigenvalue weighted by Gasteiger charge is 2.25. The van der Waals surface area contributed by atoms with E-state index in [0.717, 1.165) is 43.7 Å². The number of thioether (sulfide) groups is 1. The lowest BCUT2D eigenvalue weighted by Crippen LogP contribution is -2.33. The topological polar surface area (TPSA) is 66.5 Å². The molecular formula is C17H26N2O3S2. The number of hydrogen-bond donors (Lipinski definition) is 1. The van der Waals surface area contributed by atoms with E-state index in [-0.39, 0.29) is 16.8 Å². The maximum Gasteiger partial charge on any atom is 0.255 e. The van der Waals surface area contributed by atoms with Crippen LogP contribution in [0, 0.1) is 0 Å². The van der Waals surface area contributed by atoms with Crippen LogP contribution in [0.15, 0.2) is 28.0 Å². The Balaban J connectivity index is 2.32. The summed E-state index contributed by atoms with van der Waals surface area (Å²) >= 11 is 1.46. The Labute approximate surface area is 149 Å². The SMILES string of the molecule is CCCC(C)NS(=O)(=O)c1ccc(SC)c(C(=O)N2CCCC2)c1. The van der Waals surface area contributed by atoms with E-state index < -0.39 is 10.0 Å². The van der Waals surface area contributed by atoms with Gasteiger partial charge < -0.3 is 4.90 Å². The minimum Gasteiger partial charge on any atom is -0.339 e. The summed E-state index contributed by atoms with van der Waals surface area (Å²) in [7, 11) is -3.62. The molecule has 7 heteroatoms. The molecule has 0 aromatic heterocycles. The van der Waals surface area contributed by atoms with Crippen molar-refractivity contribution in [2.45, 2.75) is 55.4 Å². The smallest absolute Gasteiger partial charge is 0.255 e. The number of likely N-dealkylation sites (tertiary alicyclic amines) is 1. The van der Waals surface area contributed by atoms with Crippen LogP contribution in [-0.4, -0.2) is 44.6 Å². The van der Waals surface area contributed by atoms with Crippen molar-refractivity contribution in [3.63, 3.8) is 0 Å². The van der Waals surface area contributed by atoms with Gasteiger partial charge in [0.1, 0.15) is 0 Å². The number of rotatable bonds is 7. The molecule has 1 unspecified atom stereocenters. The fourth-order valence-corrected chi connectivity index (χ4v) is 4.81. The number of nitrogens with one attached hydrogen (secondary N) is 1. The minimum absolute atomic E-state index is 0.0736. The van der Waals surface area contributed by atoms with E-state index in [0.29, 0.717) is 5.56 Å². The zero-order chi connectivity index (χ0) is 17.7. The Morgan fingerprint density at radius 3 is 2.58 bits per heavy atom. The Morgan fingerprint density at radius 2 is 2.00 bits per heavy atom. The van der Waals surface area contributed by atoms with Crippen LogP contribution in [0.1, 0.15) is 49.9 Å². The highest BCUT2D eigenvalue weighted by molar-refractivity contribution is 7.98. The molecule has 1 aliphatic heterocycles. The second-order valence-electron chi connectivity index (χ2n) is 6.17. The number of hydrogen-bond acceptors (Lipinski definition) is 4. The number of carbonyl (C=O) groups excluding carboxylic acids is 1.